The molecule has 0 saturated heterocycles. The number of guanidine groups is 3. The quantitative estimate of drug-likeness (QED) is 0.0127. The van der Waals surface area contributed by atoms with Crippen molar-refractivity contribution in [3.63, 3.8) is 0 Å². The molecule has 6 aromatic rings. The number of carbonyl (C=O) groups excluding carboxylic acids is 8. The predicted octanol–water partition coefficient (Wildman–Crippen LogP) is -0.804. The number of benzene rings is 4. The number of aromatic amines is 2. The number of amides is 8. The number of fused-ring (bicyclic) bond motifs is 2. The average Bonchev–Trinajstić information content (AvgIpc) is 1.63. The summed E-state index contributed by atoms with van der Waals surface area (Å²) in [5.41, 5.74) is 31.8. The Kier molecular flexibility index (Phi) is 31.1. The monoisotopic (exact) mass is 1410 g/mol. The van der Waals surface area contributed by atoms with Gasteiger partial charge in [0.15, 0.2) is 17.9 Å². The van der Waals surface area contributed by atoms with Gasteiger partial charge in [-0.1, -0.05) is 74.5 Å². The van der Waals surface area contributed by atoms with Gasteiger partial charge in [-0.05, 0) is 129 Å². The predicted molar refractivity (Wildman–Crippen MR) is 384 cm³/mol. The number of H-pyrrole nitrogens is 2. The smallest absolute Gasteiger partial charge is 0.326 e. The first-order chi connectivity index (χ1) is 48.7. The number of nitrogens with one attached hydrogen (secondary N) is 16. The van der Waals surface area contributed by atoms with Crippen molar-refractivity contribution in [3.05, 3.63) is 132 Å². The molecule has 0 aliphatic heterocycles. The van der Waals surface area contributed by atoms with Crippen LogP contribution >= 0.6 is 0 Å². The summed E-state index contributed by atoms with van der Waals surface area (Å²) < 4.78 is 0. The van der Waals surface area contributed by atoms with Crippen LogP contribution in [0.1, 0.15) is 93.9 Å². The van der Waals surface area contributed by atoms with E-state index in [1.807, 2.05) is 0 Å². The van der Waals surface area contributed by atoms with E-state index >= 15 is 19.2 Å². The van der Waals surface area contributed by atoms with Gasteiger partial charge >= 0.3 is 5.97 Å². The Morgan fingerprint density at radius 3 is 1.06 bits per heavy atom. The second kappa shape index (κ2) is 39.9. The number of phenols is 2. The Labute approximate surface area is 589 Å². The number of rotatable bonds is 42. The highest BCUT2D eigenvalue weighted by molar-refractivity contribution is 5.99. The van der Waals surface area contributed by atoms with Crippen molar-refractivity contribution in [2.45, 2.75) is 152 Å². The number of aromatic hydroxyl groups is 2. The lowest BCUT2D eigenvalue weighted by molar-refractivity contribution is -0.142. The van der Waals surface area contributed by atoms with Crippen LogP contribution in [0.3, 0.4) is 0 Å². The van der Waals surface area contributed by atoms with Crippen LogP contribution in [-0.2, 0) is 68.8 Å². The number of nitrogens with two attached hydrogens (primary N) is 5. The molecule has 0 bridgehead atoms. The maximum absolute atomic E-state index is 15.4. The molecule has 0 fully saturated rings. The van der Waals surface area contributed by atoms with Crippen LogP contribution in [0.4, 0.5) is 0 Å². The van der Waals surface area contributed by atoms with Crippen molar-refractivity contribution in [2.24, 2.45) is 34.6 Å². The van der Waals surface area contributed by atoms with Crippen molar-refractivity contribution in [1.29, 1.82) is 16.2 Å². The Hall–Kier alpha value is -11.5. The largest absolute Gasteiger partial charge is 0.508 e. The zero-order chi connectivity index (χ0) is 74.4. The number of carbonyl (C=O) groups is 9. The third kappa shape index (κ3) is 25.7. The second-order valence-electron chi connectivity index (χ2n) is 25.2. The van der Waals surface area contributed by atoms with E-state index in [0.717, 1.165) is 0 Å². The number of carboxylic acids is 1. The number of hydrogen-bond acceptors (Lipinski definition) is 16. The standard InChI is InChI=1S/C69H97N21O12/c1-38(2)57(71)65(100)85-49(16-7-8-28-70)58(93)83-50(17-9-29-78-67(72)73)59(94)87-53(32-39-20-24-43(91)25-21-39)61(96)88-54(33-40-22-26-44(92)27-23-40)62(97)90-55(34-41-36-81-47-14-5-3-12-45(41)47)63(98)84-51(18-10-30-79-68(74)75)60(95)89-56(35-42-37-82-48-15-6-4-13-46(42)48)64(99)86-52(66(101)102)19-11-31-80-69(76)77/h3-6,12-15,20-27,36-38,49-57,81-82,91-92H,7-11,16-19,28-35,70-71H2,1-2H3,(H,83,93)(H,84,98)(H,85,100)(H,86,99)(H,87,94)(H,88,96)(H,89,95)(H,90,97)(H,101,102)(H4,72,73,78)(H4,74,75,79)(H4,76,77,80)/t49-,50-,51-,52-,53-,54-,55-,56-,57-/m0/s1. The summed E-state index contributed by atoms with van der Waals surface area (Å²) in [5.74, 6) is -9.88. The molecular formula is C69H97N21O12. The van der Waals surface area contributed by atoms with Gasteiger partial charge in [-0.3, -0.25) is 54.6 Å². The van der Waals surface area contributed by atoms with Gasteiger partial charge in [-0.25, -0.2) is 4.79 Å². The van der Waals surface area contributed by atoms with Crippen molar-refractivity contribution < 1.29 is 58.5 Å². The molecule has 8 amide bonds. The van der Waals surface area contributed by atoms with Gasteiger partial charge in [-0.15, -0.1) is 0 Å². The van der Waals surface area contributed by atoms with Gasteiger partial charge < -0.3 is 112 Å². The zero-order valence-corrected chi connectivity index (χ0v) is 57.1. The number of aromatic nitrogens is 2. The third-order valence-corrected chi connectivity index (χ3v) is 16.9. The SMILES string of the molecule is CC(C)[C@H](N)C(=O)N[C@@H](CCCCN)C(=O)N[C@@H](CCCNC(=N)N)C(=O)N[C@@H](Cc1ccc(O)cc1)C(=O)N[C@@H](Cc1ccc(O)cc1)C(=O)N[C@@H](Cc1c[nH]c2ccccc12)C(=O)N[C@@H](CCCNC(=N)N)C(=O)N[C@@H](Cc1c[nH]c2ccccc12)C(=O)N[C@@H](CCCNC(=N)N)C(=O)O. The van der Waals surface area contributed by atoms with E-state index in [0.29, 0.717) is 63.4 Å². The van der Waals surface area contributed by atoms with Gasteiger partial charge in [0.25, 0.3) is 0 Å². The molecule has 9 atom stereocenters. The van der Waals surface area contributed by atoms with Crippen LogP contribution in [0.2, 0.25) is 0 Å². The number of aliphatic carboxylic acids is 1. The van der Waals surface area contributed by atoms with E-state index in [2.05, 4.69) is 68.5 Å². The Morgan fingerprint density at radius 1 is 0.412 bits per heavy atom. The van der Waals surface area contributed by atoms with Crippen molar-refractivity contribution in [1.82, 2.24) is 68.5 Å². The normalized spacial score (nSPS) is 13.8. The van der Waals surface area contributed by atoms with E-state index in [1.54, 1.807) is 74.8 Å². The minimum absolute atomic E-state index is 0.0349. The number of carboxylic acid groups (broad SMARTS) is 1. The van der Waals surface area contributed by atoms with Crippen LogP contribution in [0, 0.1) is 22.1 Å². The van der Waals surface area contributed by atoms with E-state index in [4.69, 9.17) is 44.9 Å². The summed E-state index contributed by atoms with van der Waals surface area (Å²) in [7, 11) is 0. The Balaban J connectivity index is 1.37. The first kappa shape index (κ1) is 79.5. The third-order valence-electron chi connectivity index (χ3n) is 16.9. The Bertz CT molecular complexity index is 3840. The van der Waals surface area contributed by atoms with Crippen LogP contribution in [0.15, 0.2) is 109 Å². The lowest BCUT2D eigenvalue weighted by Crippen LogP contribution is -2.61. The van der Waals surface area contributed by atoms with Crippen molar-refractivity contribution >= 4 is 92.9 Å². The van der Waals surface area contributed by atoms with Crippen molar-refractivity contribution in [2.75, 3.05) is 26.2 Å². The summed E-state index contributed by atoms with van der Waals surface area (Å²) in [6.45, 7) is 4.01. The van der Waals surface area contributed by atoms with Gasteiger partial charge in [0.05, 0.1) is 6.04 Å². The number of hydrogen-bond donors (Lipinski definition) is 24. The van der Waals surface area contributed by atoms with E-state index < -0.39 is 108 Å². The maximum atomic E-state index is 15.4. The second-order valence-corrected chi connectivity index (χ2v) is 25.2. The fourth-order valence-electron chi connectivity index (χ4n) is 11.2. The molecule has 4 aromatic carbocycles. The number of para-hydroxylation sites is 2. The minimum Gasteiger partial charge on any atom is -0.508 e. The van der Waals surface area contributed by atoms with Gasteiger partial charge in [0, 0.05) is 79.5 Å². The molecule has 6 rings (SSSR count). The lowest BCUT2D eigenvalue weighted by atomic mass is 9.99. The first-order valence-electron chi connectivity index (χ1n) is 33.7. The first-order valence-corrected chi connectivity index (χ1v) is 33.7. The summed E-state index contributed by atoms with van der Waals surface area (Å²) in [5, 5.41) is 84.9. The molecular weight excluding hydrogens is 1310 g/mol. The van der Waals surface area contributed by atoms with Crippen LogP contribution < -0.4 is 87.2 Å². The van der Waals surface area contributed by atoms with Crippen LogP contribution in [0.25, 0.3) is 21.8 Å². The minimum atomic E-state index is -1.61. The highest BCUT2D eigenvalue weighted by Crippen LogP contribution is 2.23. The summed E-state index contributed by atoms with van der Waals surface area (Å²) in [6, 6.07) is 12.9. The van der Waals surface area contributed by atoms with Crippen LogP contribution in [-0.4, -0.2) is 177 Å². The number of phenolic OH excluding ortho intramolecular Hbond substituents is 2. The van der Waals surface area contributed by atoms with Crippen LogP contribution in [0.5, 0.6) is 11.5 Å². The van der Waals surface area contributed by atoms with E-state index in [1.165, 1.54) is 48.5 Å². The fourth-order valence-corrected chi connectivity index (χ4v) is 11.2. The average molecular weight is 1410 g/mol. The molecule has 33 nitrogen and oxygen atoms in total. The molecule has 102 heavy (non-hydrogen) atoms. The molecule has 0 unspecified atom stereocenters. The highest BCUT2D eigenvalue weighted by atomic mass is 16.4. The molecule has 2 heterocycles. The van der Waals surface area contributed by atoms with Crippen molar-refractivity contribution in [3.8, 4) is 11.5 Å². The molecule has 29 N–H and O–H groups in total. The summed E-state index contributed by atoms with van der Waals surface area (Å²) in [4.78, 5) is 137. The van der Waals surface area contributed by atoms with Gasteiger partial charge in [0.1, 0.15) is 59.8 Å². The molecule has 0 aliphatic carbocycles. The van der Waals surface area contributed by atoms with Gasteiger partial charge in [0.2, 0.25) is 47.3 Å². The maximum Gasteiger partial charge on any atom is 0.326 e. The molecule has 0 spiro atoms. The number of unbranched alkanes of at least 4 members (excludes halogenated alkanes) is 1. The van der Waals surface area contributed by atoms with E-state index in [-0.39, 0.29) is 126 Å². The fraction of sp³-hybridized carbons (Fsp3) is 0.420. The van der Waals surface area contributed by atoms with Gasteiger partial charge in [-0.2, -0.15) is 0 Å². The molecule has 0 saturated carbocycles. The zero-order valence-electron chi connectivity index (χ0n) is 57.1. The highest BCUT2D eigenvalue weighted by Gasteiger charge is 2.36. The Morgan fingerprint density at radius 2 is 0.716 bits per heavy atom. The molecule has 0 radical (unpaired) electrons. The molecule has 33 heteroatoms. The van der Waals surface area contributed by atoms with E-state index in [9.17, 15) is 39.3 Å². The topological polar surface area (TPSA) is 580 Å². The summed E-state index contributed by atoms with van der Waals surface area (Å²) >= 11 is 0. The summed E-state index contributed by atoms with van der Waals surface area (Å²) in [6.07, 6.45) is 3.33. The molecule has 0 aliphatic rings. The molecule has 2 aromatic heterocycles. The lowest BCUT2D eigenvalue weighted by Gasteiger charge is -2.28. The molecule has 550 valence electrons.